The first-order chi connectivity index (χ1) is 10.7. The number of carboxylic acid groups (broad SMARTS) is 1. The van der Waals surface area contributed by atoms with Crippen LogP contribution < -0.4 is 14.8 Å². The number of carbonyl (C=O) groups is 1. The van der Waals surface area contributed by atoms with Crippen molar-refractivity contribution >= 4 is 6.09 Å². The highest BCUT2D eigenvalue weighted by Crippen LogP contribution is 2.23. The van der Waals surface area contributed by atoms with Crippen LogP contribution in [0.5, 0.6) is 11.6 Å². The van der Waals surface area contributed by atoms with Gasteiger partial charge in [0.05, 0.1) is 19.3 Å². The van der Waals surface area contributed by atoms with E-state index in [1.165, 1.54) is 4.90 Å². The average molecular weight is 311 g/mol. The Kier molecular flexibility index (Phi) is 6.23. The van der Waals surface area contributed by atoms with Crippen molar-refractivity contribution in [3.63, 3.8) is 0 Å². The van der Waals surface area contributed by atoms with Crippen molar-refractivity contribution < 1.29 is 24.5 Å². The summed E-state index contributed by atoms with van der Waals surface area (Å²) in [5, 5.41) is 21.1. The number of nitrogens with zero attached hydrogens (tertiary/aromatic N) is 2. The molecule has 0 saturated carbocycles. The Morgan fingerprint density at radius 3 is 3.09 bits per heavy atom. The number of hydrogen-bond donors (Lipinski definition) is 3. The number of rotatable bonds is 7. The van der Waals surface area contributed by atoms with Crippen LogP contribution >= 0.6 is 0 Å². The van der Waals surface area contributed by atoms with Crippen molar-refractivity contribution in [2.75, 3.05) is 39.5 Å². The second-order valence-corrected chi connectivity index (χ2v) is 4.85. The molecule has 8 nitrogen and oxygen atoms in total. The quantitative estimate of drug-likeness (QED) is 0.659. The summed E-state index contributed by atoms with van der Waals surface area (Å²) in [7, 11) is 0. The normalized spacial score (nSPS) is 18.0. The molecule has 1 aliphatic heterocycles. The van der Waals surface area contributed by atoms with E-state index in [2.05, 4.69) is 10.3 Å². The van der Waals surface area contributed by atoms with E-state index >= 15 is 0 Å². The molecule has 2 heterocycles. The summed E-state index contributed by atoms with van der Waals surface area (Å²) in [6.07, 6.45) is 1.25. The van der Waals surface area contributed by atoms with Gasteiger partial charge >= 0.3 is 6.09 Å². The van der Waals surface area contributed by atoms with E-state index in [0.717, 1.165) is 0 Å². The number of pyridine rings is 1. The van der Waals surface area contributed by atoms with Crippen LogP contribution in [0.2, 0.25) is 0 Å². The van der Waals surface area contributed by atoms with Crippen LogP contribution in [0, 0.1) is 0 Å². The third kappa shape index (κ3) is 4.47. The molecule has 22 heavy (non-hydrogen) atoms. The molecule has 122 valence electrons. The number of ether oxygens (including phenoxy) is 2. The Labute approximate surface area is 128 Å². The maximum absolute atomic E-state index is 11.2. The molecule has 2 rings (SSSR count). The number of hydrogen-bond acceptors (Lipinski definition) is 6. The van der Waals surface area contributed by atoms with Gasteiger partial charge in [0.1, 0.15) is 6.61 Å². The molecule has 0 radical (unpaired) electrons. The van der Waals surface area contributed by atoms with E-state index in [-0.39, 0.29) is 19.3 Å². The molecule has 1 fully saturated rings. The van der Waals surface area contributed by atoms with Gasteiger partial charge in [0.25, 0.3) is 5.88 Å². The average Bonchev–Trinajstić information content (AvgIpc) is 2.54. The zero-order valence-electron chi connectivity index (χ0n) is 12.3. The van der Waals surface area contributed by atoms with E-state index in [0.29, 0.717) is 44.3 Å². The van der Waals surface area contributed by atoms with Gasteiger partial charge in [-0.2, -0.15) is 0 Å². The van der Waals surface area contributed by atoms with Gasteiger partial charge in [0, 0.05) is 32.3 Å². The Bertz CT molecular complexity index is 485. The second kappa shape index (κ2) is 8.40. The fourth-order valence-corrected chi connectivity index (χ4v) is 2.31. The van der Waals surface area contributed by atoms with Crippen molar-refractivity contribution in [2.45, 2.75) is 12.5 Å². The molecular formula is C14H21N3O5. The summed E-state index contributed by atoms with van der Waals surface area (Å²) in [6.45, 7) is 2.18. The molecule has 1 amide bonds. The van der Waals surface area contributed by atoms with Crippen LogP contribution in [-0.4, -0.2) is 71.7 Å². The number of amides is 1. The molecular weight excluding hydrogens is 290 g/mol. The summed E-state index contributed by atoms with van der Waals surface area (Å²) in [5.74, 6) is 0.815. The largest absolute Gasteiger partial charge is 0.486 e. The number of nitrogens with one attached hydrogen (secondary N) is 1. The van der Waals surface area contributed by atoms with Crippen molar-refractivity contribution in [3.8, 4) is 11.6 Å². The molecule has 1 aromatic rings. The van der Waals surface area contributed by atoms with Crippen LogP contribution in [-0.2, 0) is 0 Å². The molecule has 1 aliphatic rings. The standard InChI is InChI=1S/C14H21N3O5/c18-7-9-21-12-2-1-4-16-13(12)22-8-3-11-10-15-5-6-17(11)14(19)20/h1-2,4,11,15,18H,3,5-10H2,(H,19,20). The minimum Gasteiger partial charge on any atom is -0.486 e. The van der Waals surface area contributed by atoms with Crippen LogP contribution in [0.4, 0.5) is 4.79 Å². The Hall–Kier alpha value is -2.06. The Morgan fingerprint density at radius 1 is 1.45 bits per heavy atom. The molecule has 1 atom stereocenters. The Morgan fingerprint density at radius 2 is 2.32 bits per heavy atom. The lowest BCUT2D eigenvalue weighted by molar-refractivity contribution is 0.102. The first-order valence-electron chi connectivity index (χ1n) is 7.24. The lowest BCUT2D eigenvalue weighted by Gasteiger charge is -2.33. The number of aliphatic hydroxyl groups is 1. The molecule has 0 aliphatic carbocycles. The molecule has 0 aromatic carbocycles. The predicted octanol–water partition coefficient (Wildman–Crippen LogP) is 0.173. The fourth-order valence-electron chi connectivity index (χ4n) is 2.31. The van der Waals surface area contributed by atoms with E-state index in [1.54, 1.807) is 18.3 Å². The SMILES string of the molecule is O=C(O)N1CCNCC1CCOc1ncccc1OCCO. The zero-order chi connectivity index (χ0) is 15.8. The zero-order valence-corrected chi connectivity index (χ0v) is 12.3. The van der Waals surface area contributed by atoms with Crippen LogP contribution in [0.25, 0.3) is 0 Å². The van der Waals surface area contributed by atoms with Gasteiger partial charge in [-0.25, -0.2) is 9.78 Å². The first-order valence-corrected chi connectivity index (χ1v) is 7.24. The lowest BCUT2D eigenvalue weighted by atomic mass is 10.1. The number of aliphatic hydroxyl groups excluding tert-OH is 1. The number of piperazine rings is 1. The van der Waals surface area contributed by atoms with E-state index < -0.39 is 6.09 Å². The van der Waals surface area contributed by atoms with Gasteiger partial charge in [0.2, 0.25) is 0 Å². The summed E-state index contributed by atoms with van der Waals surface area (Å²) >= 11 is 0. The van der Waals surface area contributed by atoms with Gasteiger partial charge in [-0.05, 0) is 12.1 Å². The summed E-state index contributed by atoms with van der Waals surface area (Å²) in [5.41, 5.74) is 0. The third-order valence-corrected chi connectivity index (χ3v) is 3.37. The third-order valence-electron chi connectivity index (χ3n) is 3.37. The summed E-state index contributed by atoms with van der Waals surface area (Å²) in [4.78, 5) is 16.7. The van der Waals surface area contributed by atoms with Gasteiger partial charge in [-0.1, -0.05) is 0 Å². The van der Waals surface area contributed by atoms with Crippen LogP contribution in [0.15, 0.2) is 18.3 Å². The molecule has 1 saturated heterocycles. The fraction of sp³-hybridized carbons (Fsp3) is 0.571. The van der Waals surface area contributed by atoms with Gasteiger partial charge in [0.15, 0.2) is 5.75 Å². The Balaban J connectivity index is 1.86. The summed E-state index contributed by atoms with van der Waals surface area (Å²) < 4.78 is 10.9. The van der Waals surface area contributed by atoms with E-state index in [9.17, 15) is 4.79 Å². The van der Waals surface area contributed by atoms with Crippen LogP contribution in [0.3, 0.4) is 0 Å². The molecule has 0 bridgehead atoms. The highest BCUT2D eigenvalue weighted by atomic mass is 16.5. The minimum atomic E-state index is -0.906. The molecule has 0 spiro atoms. The topological polar surface area (TPSA) is 104 Å². The van der Waals surface area contributed by atoms with Crippen molar-refractivity contribution in [1.29, 1.82) is 0 Å². The summed E-state index contributed by atoms with van der Waals surface area (Å²) in [6, 6.07) is 3.32. The van der Waals surface area contributed by atoms with Crippen molar-refractivity contribution in [3.05, 3.63) is 18.3 Å². The van der Waals surface area contributed by atoms with Gasteiger partial charge < -0.3 is 29.9 Å². The maximum atomic E-state index is 11.2. The van der Waals surface area contributed by atoms with E-state index in [4.69, 9.17) is 19.7 Å². The van der Waals surface area contributed by atoms with Gasteiger partial charge in [-0.3, -0.25) is 0 Å². The predicted molar refractivity (Wildman–Crippen MR) is 78.3 cm³/mol. The molecule has 8 heteroatoms. The minimum absolute atomic E-state index is 0.0876. The van der Waals surface area contributed by atoms with Gasteiger partial charge in [-0.15, -0.1) is 0 Å². The second-order valence-electron chi connectivity index (χ2n) is 4.85. The monoisotopic (exact) mass is 311 g/mol. The first kappa shape index (κ1) is 16.3. The molecule has 1 unspecified atom stereocenters. The van der Waals surface area contributed by atoms with Crippen molar-refractivity contribution in [2.24, 2.45) is 0 Å². The van der Waals surface area contributed by atoms with Crippen molar-refractivity contribution in [1.82, 2.24) is 15.2 Å². The molecule has 3 N–H and O–H groups in total. The highest BCUT2D eigenvalue weighted by Gasteiger charge is 2.26. The maximum Gasteiger partial charge on any atom is 0.407 e. The van der Waals surface area contributed by atoms with E-state index in [1.807, 2.05) is 0 Å². The number of aromatic nitrogens is 1. The lowest BCUT2D eigenvalue weighted by Crippen LogP contribution is -2.53. The van der Waals surface area contributed by atoms with Crippen LogP contribution in [0.1, 0.15) is 6.42 Å². The highest BCUT2D eigenvalue weighted by molar-refractivity contribution is 5.65. The smallest absolute Gasteiger partial charge is 0.407 e. The molecule has 1 aromatic heterocycles.